The Morgan fingerprint density at radius 3 is 2.04 bits per heavy atom. The molecule has 0 fully saturated rings. The highest BCUT2D eigenvalue weighted by Crippen LogP contribution is 2.29. The first-order valence-corrected chi connectivity index (χ1v) is 9.69. The van der Waals surface area contributed by atoms with Crippen LogP contribution in [-0.2, 0) is 15.6 Å². The summed E-state index contributed by atoms with van der Waals surface area (Å²) in [6.07, 6.45) is 0. The second kappa shape index (κ2) is 7.51. The van der Waals surface area contributed by atoms with Gasteiger partial charge in [0, 0.05) is 11.1 Å². The van der Waals surface area contributed by atoms with Gasteiger partial charge in [0.05, 0.1) is 15.6 Å². The molecule has 27 heavy (non-hydrogen) atoms. The maximum atomic E-state index is 12.7. The van der Waals surface area contributed by atoms with E-state index in [1.165, 1.54) is 30.3 Å². The van der Waals surface area contributed by atoms with Gasteiger partial charge in [-0.2, -0.15) is 0 Å². The van der Waals surface area contributed by atoms with E-state index in [-0.39, 0.29) is 16.0 Å². The molecule has 0 unspecified atom stereocenters. The first kappa shape index (κ1) is 18.5. The lowest BCUT2D eigenvalue weighted by molar-refractivity contribution is -0.385. The summed E-state index contributed by atoms with van der Waals surface area (Å²) in [5, 5.41) is 11.7. The minimum atomic E-state index is -3.79. The molecule has 0 N–H and O–H groups in total. The van der Waals surface area contributed by atoms with Crippen LogP contribution in [0.15, 0.2) is 83.8 Å². The largest absolute Gasteiger partial charge is 0.288 e. The molecule has 0 aliphatic carbocycles. The molecule has 3 rings (SSSR count). The molecule has 0 saturated heterocycles. The fourth-order valence-corrected chi connectivity index (χ4v) is 4.15. The van der Waals surface area contributed by atoms with Gasteiger partial charge in [0.25, 0.3) is 5.69 Å². The van der Waals surface area contributed by atoms with Crippen molar-refractivity contribution in [3.8, 4) is 0 Å². The molecule has 0 atom stereocenters. The maximum Gasteiger partial charge on any atom is 0.284 e. The number of carbonyl (C=O) groups excluding carboxylic acids is 1. The molecule has 0 amide bonds. The van der Waals surface area contributed by atoms with Crippen molar-refractivity contribution in [2.24, 2.45) is 0 Å². The Hall–Kier alpha value is -3.32. The van der Waals surface area contributed by atoms with E-state index in [9.17, 15) is 23.3 Å². The van der Waals surface area contributed by atoms with E-state index in [0.717, 1.165) is 0 Å². The summed E-state index contributed by atoms with van der Waals surface area (Å²) in [7, 11) is -3.79. The number of hydrogen-bond donors (Lipinski definition) is 0. The van der Waals surface area contributed by atoms with Gasteiger partial charge in [0.15, 0.2) is 15.6 Å². The fraction of sp³-hybridized carbons (Fsp3) is 0.0500. The Kier molecular flexibility index (Phi) is 5.14. The summed E-state index contributed by atoms with van der Waals surface area (Å²) in [6, 6.07) is 20.0. The van der Waals surface area contributed by atoms with Crippen LogP contribution < -0.4 is 0 Å². The number of hydrogen-bond acceptors (Lipinski definition) is 5. The Bertz CT molecular complexity index is 1090. The number of para-hydroxylation sites is 1. The minimum Gasteiger partial charge on any atom is -0.288 e. The quantitative estimate of drug-likeness (QED) is 0.368. The molecular weight excluding hydrogens is 366 g/mol. The second-order valence-corrected chi connectivity index (χ2v) is 7.83. The van der Waals surface area contributed by atoms with Gasteiger partial charge in [-0.3, -0.25) is 14.9 Å². The summed E-state index contributed by atoms with van der Waals surface area (Å²) >= 11 is 0. The number of benzene rings is 3. The molecule has 0 aliphatic rings. The lowest BCUT2D eigenvalue weighted by Crippen LogP contribution is -2.11. The van der Waals surface area contributed by atoms with Crippen LogP contribution in [0.2, 0.25) is 0 Å². The van der Waals surface area contributed by atoms with E-state index in [2.05, 4.69) is 0 Å². The summed E-state index contributed by atoms with van der Waals surface area (Å²) in [5.74, 6) is -1.09. The summed E-state index contributed by atoms with van der Waals surface area (Å²) in [6.45, 7) is 0. The van der Waals surface area contributed by atoms with Gasteiger partial charge < -0.3 is 0 Å². The average Bonchev–Trinajstić information content (AvgIpc) is 2.68. The van der Waals surface area contributed by atoms with E-state index >= 15 is 0 Å². The third-order valence-corrected chi connectivity index (χ3v) is 5.71. The Morgan fingerprint density at radius 2 is 1.44 bits per heavy atom. The van der Waals surface area contributed by atoms with Crippen LogP contribution in [0.25, 0.3) is 0 Å². The zero-order valence-corrected chi connectivity index (χ0v) is 14.9. The highest BCUT2D eigenvalue weighted by molar-refractivity contribution is 7.90. The number of rotatable bonds is 6. The van der Waals surface area contributed by atoms with Crippen LogP contribution in [0.5, 0.6) is 0 Å². The van der Waals surface area contributed by atoms with Crippen LogP contribution >= 0.6 is 0 Å². The molecule has 6 nitrogen and oxygen atoms in total. The summed E-state index contributed by atoms with van der Waals surface area (Å²) < 4.78 is 25.2. The molecule has 3 aromatic carbocycles. The molecule has 0 aliphatic heterocycles. The molecule has 136 valence electrons. The Morgan fingerprint density at radius 1 is 0.852 bits per heavy atom. The Balaban J connectivity index is 2.07. The molecule has 7 heteroatoms. The van der Waals surface area contributed by atoms with Gasteiger partial charge in [-0.05, 0) is 18.2 Å². The fourth-order valence-electron chi connectivity index (χ4n) is 2.77. The third kappa shape index (κ3) is 3.93. The third-order valence-electron chi connectivity index (χ3n) is 4.03. The zero-order chi connectivity index (χ0) is 19.4. The predicted molar refractivity (Wildman–Crippen MR) is 100 cm³/mol. The maximum absolute atomic E-state index is 12.7. The van der Waals surface area contributed by atoms with Crippen molar-refractivity contribution in [2.45, 2.75) is 10.6 Å². The van der Waals surface area contributed by atoms with E-state index in [1.807, 2.05) is 0 Å². The van der Waals surface area contributed by atoms with Gasteiger partial charge in [-0.1, -0.05) is 60.7 Å². The van der Waals surface area contributed by atoms with Crippen molar-refractivity contribution in [1.29, 1.82) is 0 Å². The number of nitro benzene ring substituents is 1. The van der Waals surface area contributed by atoms with Crippen LogP contribution in [0, 0.1) is 10.1 Å². The smallest absolute Gasteiger partial charge is 0.284 e. The van der Waals surface area contributed by atoms with Crippen LogP contribution in [0.1, 0.15) is 21.5 Å². The van der Waals surface area contributed by atoms with E-state index in [1.54, 1.807) is 48.5 Å². The van der Waals surface area contributed by atoms with Crippen molar-refractivity contribution in [3.63, 3.8) is 0 Å². The van der Waals surface area contributed by atoms with Crippen LogP contribution in [-0.4, -0.2) is 19.1 Å². The van der Waals surface area contributed by atoms with E-state index in [0.29, 0.717) is 5.56 Å². The van der Waals surface area contributed by atoms with Gasteiger partial charge >= 0.3 is 0 Å². The number of sulfone groups is 1. The van der Waals surface area contributed by atoms with Crippen LogP contribution in [0.3, 0.4) is 0 Å². The lowest BCUT2D eigenvalue weighted by Gasteiger charge is -2.09. The Labute approximate surface area is 156 Å². The predicted octanol–water partition coefficient (Wildman–Crippen LogP) is 3.80. The van der Waals surface area contributed by atoms with Crippen molar-refractivity contribution >= 4 is 21.3 Å². The average molecular weight is 381 g/mol. The number of nitro groups is 1. The van der Waals surface area contributed by atoms with Gasteiger partial charge in [-0.15, -0.1) is 0 Å². The van der Waals surface area contributed by atoms with Crippen molar-refractivity contribution in [2.75, 3.05) is 0 Å². The highest BCUT2D eigenvalue weighted by atomic mass is 32.2. The van der Waals surface area contributed by atoms with Gasteiger partial charge in [0.2, 0.25) is 0 Å². The van der Waals surface area contributed by atoms with Crippen molar-refractivity contribution in [3.05, 3.63) is 106 Å². The van der Waals surface area contributed by atoms with Gasteiger partial charge in [-0.25, -0.2) is 8.42 Å². The molecule has 0 bridgehead atoms. The first-order chi connectivity index (χ1) is 12.9. The normalized spacial score (nSPS) is 11.1. The van der Waals surface area contributed by atoms with Gasteiger partial charge in [0.1, 0.15) is 5.56 Å². The van der Waals surface area contributed by atoms with Crippen LogP contribution in [0.4, 0.5) is 5.69 Å². The van der Waals surface area contributed by atoms with Crippen molar-refractivity contribution in [1.82, 2.24) is 0 Å². The molecule has 0 aromatic heterocycles. The second-order valence-electron chi connectivity index (χ2n) is 5.84. The number of nitrogens with zero attached hydrogens (tertiary/aromatic N) is 1. The van der Waals surface area contributed by atoms with E-state index < -0.39 is 32.0 Å². The summed E-state index contributed by atoms with van der Waals surface area (Å²) in [5.41, 5.74) is -0.341. The standard InChI is InChI=1S/C20H15NO5S/c22-20(15-8-3-1-4-9-15)18-13-7-10-16(19(18)21(23)24)14-27(25,26)17-11-5-2-6-12-17/h1-13H,14H2. The van der Waals surface area contributed by atoms with Crippen molar-refractivity contribution < 1.29 is 18.1 Å². The molecular formula is C20H15NO5S. The topological polar surface area (TPSA) is 94.3 Å². The highest BCUT2D eigenvalue weighted by Gasteiger charge is 2.28. The number of ketones is 1. The zero-order valence-electron chi connectivity index (χ0n) is 14.1. The molecule has 0 heterocycles. The monoisotopic (exact) mass is 381 g/mol. The lowest BCUT2D eigenvalue weighted by atomic mass is 9.99. The van der Waals surface area contributed by atoms with E-state index in [4.69, 9.17) is 0 Å². The molecule has 0 saturated carbocycles. The molecule has 0 radical (unpaired) electrons. The minimum absolute atomic E-state index is 0.0226. The molecule has 0 spiro atoms. The SMILES string of the molecule is O=C(c1ccccc1)c1cccc(CS(=O)(=O)c2ccccc2)c1[N+](=O)[O-]. The summed E-state index contributed by atoms with van der Waals surface area (Å²) in [4.78, 5) is 23.7. The number of carbonyl (C=O) groups is 1. The molecule has 3 aromatic rings. The first-order valence-electron chi connectivity index (χ1n) is 8.04.